The van der Waals surface area contributed by atoms with Crippen molar-refractivity contribution in [2.45, 2.75) is 18.6 Å². The number of benzene rings is 1. The molecule has 3 heterocycles. The minimum atomic E-state index is -1.22. The van der Waals surface area contributed by atoms with Crippen LogP contribution in [0.15, 0.2) is 48.0 Å². The van der Waals surface area contributed by atoms with Crippen molar-refractivity contribution in [1.29, 1.82) is 0 Å². The van der Waals surface area contributed by atoms with E-state index in [1.807, 2.05) is 19.2 Å². The largest absolute Gasteiger partial charge is 0.497 e. The molecule has 2 atom stereocenters. The molecule has 2 aromatic heterocycles. The van der Waals surface area contributed by atoms with Crippen LogP contribution in [0.1, 0.15) is 29.9 Å². The molecule has 0 fully saturated rings. The average molecular weight is 413 g/mol. The van der Waals surface area contributed by atoms with E-state index in [1.165, 1.54) is 0 Å². The van der Waals surface area contributed by atoms with Crippen LogP contribution >= 0.6 is 0 Å². The molecule has 156 valence electrons. The van der Waals surface area contributed by atoms with E-state index in [9.17, 15) is 8.78 Å². The molecule has 0 spiro atoms. The van der Waals surface area contributed by atoms with Gasteiger partial charge in [-0.1, -0.05) is 0 Å². The highest BCUT2D eigenvalue weighted by molar-refractivity contribution is 5.98. The topological polar surface area (TPSA) is 102 Å². The number of nitrogens with zero attached hydrogens (tertiary/aromatic N) is 4. The van der Waals surface area contributed by atoms with Gasteiger partial charge in [0.05, 0.1) is 25.7 Å². The summed E-state index contributed by atoms with van der Waals surface area (Å²) in [5.74, 6) is -0.575. The zero-order valence-electron chi connectivity index (χ0n) is 16.6. The van der Waals surface area contributed by atoms with Crippen molar-refractivity contribution in [3.8, 4) is 5.75 Å². The molecular formula is C20H21F2N7O. The highest BCUT2D eigenvalue weighted by atomic mass is 19.1. The summed E-state index contributed by atoms with van der Waals surface area (Å²) >= 11 is 0. The Morgan fingerprint density at radius 1 is 1.27 bits per heavy atom. The third-order valence-corrected chi connectivity index (χ3v) is 4.88. The molecule has 4 rings (SSSR count). The molecule has 30 heavy (non-hydrogen) atoms. The van der Waals surface area contributed by atoms with Crippen molar-refractivity contribution in [1.82, 2.24) is 19.9 Å². The summed E-state index contributed by atoms with van der Waals surface area (Å²) in [6.07, 6.45) is 4.40. The van der Waals surface area contributed by atoms with Gasteiger partial charge in [0, 0.05) is 30.6 Å². The number of fused-ring (bicyclic) bond motifs is 1. The fourth-order valence-corrected chi connectivity index (χ4v) is 3.37. The third kappa shape index (κ3) is 3.45. The van der Waals surface area contributed by atoms with Gasteiger partial charge in [0.2, 0.25) is 0 Å². The first-order chi connectivity index (χ1) is 14.3. The van der Waals surface area contributed by atoms with E-state index < -0.39 is 23.3 Å². The molecule has 0 saturated heterocycles. The molecule has 4 N–H and O–H groups in total. The van der Waals surface area contributed by atoms with Crippen LogP contribution in [0.25, 0.3) is 0 Å². The molecule has 1 aliphatic heterocycles. The summed E-state index contributed by atoms with van der Waals surface area (Å²) in [5, 5.41) is 6.32. The first-order valence-electron chi connectivity index (χ1n) is 9.20. The highest BCUT2D eigenvalue weighted by Crippen LogP contribution is 2.35. The maximum Gasteiger partial charge on any atom is 0.198 e. The van der Waals surface area contributed by atoms with Crippen molar-refractivity contribution in [3.05, 3.63) is 71.6 Å². The number of aryl methyl sites for hydroxylation is 1. The van der Waals surface area contributed by atoms with E-state index in [0.29, 0.717) is 28.7 Å². The first kappa shape index (κ1) is 19.8. The quantitative estimate of drug-likeness (QED) is 0.607. The molecule has 1 aliphatic rings. The third-order valence-electron chi connectivity index (χ3n) is 4.88. The molecule has 0 radical (unpaired) electrons. The molecule has 0 saturated carbocycles. The van der Waals surface area contributed by atoms with Crippen LogP contribution in [0.5, 0.6) is 5.75 Å². The number of imidazole rings is 1. The minimum Gasteiger partial charge on any atom is -0.497 e. The summed E-state index contributed by atoms with van der Waals surface area (Å²) in [4.78, 5) is 12.7. The second-order valence-electron chi connectivity index (χ2n) is 7.07. The lowest BCUT2D eigenvalue weighted by Crippen LogP contribution is -2.59. The van der Waals surface area contributed by atoms with Crippen molar-refractivity contribution in [2.24, 2.45) is 17.8 Å². The number of methoxy groups -OCH3 is 1. The van der Waals surface area contributed by atoms with Crippen LogP contribution < -0.4 is 21.1 Å². The lowest BCUT2D eigenvalue weighted by Gasteiger charge is -2.37. The number of anilines is 1. The molecule has 8 nitrogen and oxygen atoms in total. The van der Waals surface area contributed by atoms with Gasteiger partial charge < -0.3 is 19.9 Å². The van der Waals surface area contributed by atoms with E-state index >= 15 is 0 Å². The zero-order valence-corrected chi connectivity index (χ0v) is 16.6. The van der Waals surface area contributed by atoms with Gasteiger partial charge in [0.15, 0.2) is 11.6 Å². The fraction of sp³-hybridized carbons (Fsp3) is 0.250. The lowest BCUT2D eigenvalue weighted by atomic mass is 9.93. The molecular weight excluding hydrogens is 392 g/mol. The first-order valence-corrected chi connectivity index (χ1v) is 9.20. The van der Waals surface area contributed by atoms with Crippen LogP contribution in [-0.4, -0.2) is 27.6 Å². The van der Waals surface area contributed by atoms with Crippen LogP contribution in [0.3, 0.4) is 0 Å². The number of aromatic nitrogens is 3. The summed E-state index contributed by atoms with van der Waals surface area (Å²) in [7, 11) is 3.41. The van der Waals surface area contributed by atoms with Gasteiger partial charge in [0.1, 0.15) is 28.8 Å². The van der Waals surface area contributed by atoms with Gasteiger partial charge in [-0.2, -0.15) is 0 Å². The Labute approximate surface area is 171 Å². The Morgan fingerprint density at radius 2 is 2.07 bits per heavy atom. The Morgan fingerprint density at radius 3 is 2.73 bits per heavy atom. The molecule has 0 aliphatic carbocycles. The summed E-state index contributed by atoms with van der Waals surface area (Å²) < 4.78 is 34.4. The zero-order chi connectivity index (χ0) is 21.5. The van der Waals surface area contributed by atoms with E-state index in [-0.39, 0.29) is 5.69 Å². The summed E-state index contributed by atoms with van der Waals surface area (Å²) in [6.45, 7) is 1.65. The number of aliphatic imine (C=N–C) groups is 1. The lowest BCUT2D eigenvalue weighted by molar-refractivity contribution is 0.410. The molecule has 1 aromatic carbocycles. The maximum absolute atomic E-state index is 14.1. The number of ether oxygens (including phenoxy) is 1. The summed E-state index contributed by atoms with van der Waals surface area (Å²) in [5.41, 5.74) is 7.55. The Balaban J connectivity index is 1.77. The van der Waals surface area contributed by atoms with E-state index in [0.717, 1.165) is 12.3 Å². The molecule has 1 unspecified atom stereocenters. The van der Waals surface area contributed by atoms with Crippen molar-refractivity contribution < 1.29 is 13.5 Å². The van der Waals surface area contributed by atoms with Crippen molar-refractivity contribution in [3.63, 3.8) is 0 Å². The molecule has 10 heteroatoms. The van der Waals surface area contributed by atoms with Crippen LogP contribution in [0.4, 0.5) is 14.5 Å². The normalized spacial score (nSPS) is 20.3. The van der Waals surface area contributed by atoms with Crippen molar-refractivity contribution in [2.75, 3.05) is 12.4 Å². The SMILES string of the molecule is COc1ccc2c(c1)C(N)(c1cn(C)cn1)NC(=N[C@@H](C)c1ncc(F)cc1F)N2. The van der Waals surface area contributed by atoms with Crippen LogP contribution in [-0.2, 0) is 12.7 Å². The van der Waals surface area contributed by atoms with Gasteiger partial charge in [-0.05, 0) is 25.1 Å². The number of hydrogen-bond acceptors (Lipinski definition) is 5. The van der Waals surface area contributed by atoms with Gasteiger partial charge >= 0.3 is 0 Å². The molecule has 3 aromatic rings. The van der Waals surface area contributed by atoms with Crippen molar-refractivity contribution >= 4 is 11.6 Å². The minimum absolute atomic E-state index is 0.0217. The highest BCUT2D eigenvalue weighted by Gasteiger charge is 2.39. The van der Waals surface area contributed by atoms with Gasteiger partial charge in [-0.25, -0.2) is 18.8 Å². The van der Waals surface area contributed by atoms with E-state index in [2.05, 4.69) is 25.6 Å². The number of halogens is 2. The van der Waals surface area contributed by atoms with Gasteiger partial charge in [-0.3, -0.25) is 10.7 Å². The smallest absolute Gasteiger partial charge is 0.198 e. The number of rotatable bonds is 4. The Kier molecular flexibility index (Phi) is 4.86. The Hall–Kier alpha value is -3.53. The number of guanidine groups is 1. The molecule has 0 amide bonds. The number of nitrogens with two attached hydrogens (primary N) is 1. The maximum atomic E-state index is 14.1. The second-order valence-corrected chi connectivity index (χ2v) is 7.07. The average Bonchev–Trinajstić information content (AvgIpc) is 3.15. The van der Waals surface area contributed by atoms with Crippen LogP contribution in [0, 0.1) is 11.6 Å². The number of hydrogen-bond donors (Lipinski definition) is 3. The predicted octanol–water partition coefficient (Wildman–Crippen LogP) is 2.39. The predicted molar refractivity (Wildman–Crippen MR) is 108 cm³/mol. The van der Waals surface area contributed by atoms with Crippen LogP contribution in [0.2, 0.25) is 0 Å². The van der Waals surface area contributed by atoms with E-state index in [4.69, 9.17) is 10.5 Å². The molecule has 0 bridgehead atoms. The second kappa shape index (κ2) is 7.38. The number of nitrogens with one attached hydrogen (secondary N) is 2. The van der Waals surface area contributed by atoms with Gasteiger partial charge in [-0.15, -0.1) is 0 Å². The number of pyridine rings is 1. The monoisotopic (exact) mass is 413 g/mol. The fourth-order valence-electron chi connectivity index (χ4n) is 3.37. The Bertz CT molecular complexity index is 1130. The van der Waals surface area contributed by atoms with Gasteiger partial charge in [0.25, 0.3) is 0 Å². The van der Waals surface area contributed by atoms with E-state index in [1.54, 1.807) is 37.2 Å². The summed E-state index contributed by atoms with van der Waals surface area (Å²) in [6, 6.07) is 5.50. The standard InChI is InChI=1S/C20H21F2N7O/c1-11(18-15(22)6-12(21)8-24-18)26-19-27-16-5-4-13(30-3)7-14(16)20(23,28-19)17-9-29(2)10-25-17/h4-11H,23H2,1-3H3,(H2,26,27,28)/t11-,20?/m0/s1.